The molecule has 2 aromatic heterocycles. The SMILES string of the molecule is CC#C[C@@H](CC(=O)O)c1ccc(OCc2ccc3cnn(Cc4cccnc4)c3c2C)cc1. The molecule has 0 fully saturated rings. The summed E-state index contributed by atoms with van der Waals surface area (Å²) in [6.45, 7) is 4.88. The normalized spacial score (nSPS) is 11.6. The molecule has 0 aliphatic heterocycles. The van der Waals surface area contributed by atoms with Crippen LogP contribution in [0.5, 0.6) is 5.75 Å². The van der Waals surface area contributed by atoms with Crippen molar-refractivity contribution in [3.8, 4) is 17.6 Å². The van der Waals surface area contributed by atoms with Gasteiger partial charge in [-0.2, -0.15) is 5.10 Å². The van der Waals surface area contributed by atoms with Crippen LogP contribution in [0.3, 0.4) is 0 Å². The molecule has 1 N–H and O–H groups in total. The predicted octanol–water partition coefficient (Wildman–Crippen LogP) is 4.95. The lowest BCUT2D eigenvalue weighted by Gasteiger charge is -2.13. The second-order valence-electron chi connectivity index (χ2n) is 7.85. The lowest BCUT2D eigenvalue weighted by molar-refractivity contribution is -0.137. The summed E-state index contributed by atoms with van der Waals surface area (Å²) in [6, 6.07) is 15.6. The number of carboxylic acid groups (broad SMARTS) is 1. The van der Waals surface area contributed by atoms with Crippen LogP contribution in [0.15, 0.2) is 67.1 Å². The minimum absolute atomic E-state index is 0.0209. The molecule has 4 rings (SSSR count). The van der Waals surface area contributed by atoms with E-state index in [9.17, 15) is 4.79 Å². The Bertz CT molecular complexity index is 1320. The number of hydrogen-bond donors (Lipinski definition) is 1. The molecule has 6 heteroatoms. The van der Waals surface area contributed by atoms with Gasteiger partial charge in [0, 0.05) is 17.8 Å². The van der Waals surface area contributed by atoms with Crippen molar-refractivity contribution < 1.29 is 14.6 Å². The fourth-order valence-corrected chi connectivity index (χ4v) is 3.90. The van der Waals surface area contributed by atoms with Gasteiger partial charge < -0.3 is 9.84 Å². The number of carboxylic acids is 1. The third-order valence-corrected chi connectivity index (χ3v) is 5.60. The molecule has 0 aliphatic rings. The molecule has 2 aromatic carbocycles. The van der Waals surface area contributed by atoms with Crippen LogP contribution >= 0.6 is 0 Å². The smallest absolute Gasteiger partial charge is 0.304 e. The van der Waals surface area contributed by atoms with Crippen LogP contribution in [0.4, 0.5) is 0 Å². The molecule has 0 amide bonds. The van der Waals surface area contributed by atoms with Crippen LogP contribution < -0.4 is 4.74 Å². The molecule has 0 saturated heterocycles. The maximum Gasteiger partial charge on any atom is 0.304 e. The van der Waals surface area contributed by atoms with Gasteiger partial charge in [0.2, 0.25) is 0 Å². The molecule has 0 radical (unpaired) electrons. The highest BCUT2D eigenvalue weighted by Crippen LogP contribution is 2.26. The molecule has 4 aromatic rings. The zero-order chi connectivity index (χ0) is 23.2. The van der Waals surface area contributed by atoms with Crippen molar-refractivity contribution in [2.75, 3.05) is 0 Å². The van der Waals surface area contributed by atoms with Crippen molar-refractivity contribution in [2.45, 2.75) is 39.3 Å². The number of aryl methyl sites for hydroxylation is 1. The summed E-state index contributed by atoms with van der Waals surface area (Å²) in [5, 5.41) is 14.8. The predicted molar refractivity (Wildman–Crippen MR) is 127 cm³/mol. The minimum atomic E-state index is -0.864. The molecule has 6 nitrogen and oxygen atoms in total. The lowest BCUT2D eigenvalue weighted by atomic mass is 9.96. The van der Waals surface area contributed by atoms with Gasteiger partial charge in [-0.1, -0.05) is 36.3 Å². The van der Waals surface area contributed by atoms with E-state index >= 15 is 0 Å². The number of benzene rings is 2. The summed E-state index contributed by atoms with van der Waals surface area (Å²) in [4.78, 5) is 15.3. The molecule has 1 atom stereocenters. The van der Waals surface area contributed by atoms with Crippen LogP contribution in [0.25, 0.3) is 10.9 Å². The topological polar surface area (TPSA) is 77.2 Å². The number of rotatable bonds is 8. The summed E-state index contributed by atoms with van der Waals surface area (Å²) >= 11 is 0. The van der Waals surface area contributed by atoms with Crippen molar-refractivity contribution in [3.05, 3.63) is 89.4 Å². The van der Waals surface area contributed by atoms with Gasteiger partial charge >= 0.3 is 5.97 Å². The molecular formula is C27H25N3O3. The molecule has 0 spiro atoms. The van der Waals surface area contributed by atoms with E-state index < -0.39 is 5.97 Å². The Morgan fingerprint density at radius 2 is 1.97 bits per heavy atom. The third-order valence-electron chi connectivity index (χ3n) is 5.60. The molecule has 0 bridgehead atoms. The van der Waals surface area contributed by atoms with Crippen LogP contribution in [0, 0.1) is 18.8 Å². The number of nitrogens with zero attached hydrogens (tertiary/aromatic N) is 3. The number of aliphatic carboxylic acids is 1. The molecule has 0 aliphatic carbocycles. The largest absolute Gasteiger partial charge is 0.489 e. The fraction of sp³-hybridized carbons (Fsp3) is 0.222. The van der Waals surface area contributed by atoms with Crippen LogP contribution in [0.2, 0.25) is 0 Å². The lowest BCUT2D eigenvalue weighted by Crippen LogP contribution is -2.05. The number of hydrogen-bond acceptors (Lipinski definition) is 4. The zero-order valence-corrected chi connectivity index (χ0v) is 18.7. The maximum atomic E-state index is 11.1. The number of aromatic nitrogens is 3. The van der Waals surface area contributed by atoms with Crippen molar-refractivity contribution in [2.24, 2.45) is 0 Å². The highest BCUT2D eigenvalue weighted by Gasteiger charge is 2.14. The second kappa shape index (κ2) is 10.0. The van der Waals surface area contributed by atoms with Gasteiger partial charge in [0.1, 0.15) is 12.4 Å². The summed E-state index contributed by atoms with van der Waals surface area (Å²) in [6.07, 6.45) is 5.48. The van der Waals surface area contributed by atoms with E-state index in [0.717, 1.165) is 38.9 Å². The standard InChI is InChI=1S/C27H25N3O3/c1-3-5-22(14-26(31)32)21-9-11-25(12-10-21)33-18-24-8-7-23-16-29-30(27(23)19(24)2)17-20-6-4-13-28-15-20/h4,6-13,15-16,22H,14,17-18H2,1-2H3,(H,31,32)/t22-/m0/s1. The van der Waals surface area contributed by atoms with Gasteiger partial charge in [-0.15, -0.1) is 5.92 Å². The van der Waals surface area contributed by atoms with Gasteiger partial charge in [-0.25, -0.2) is 0 Å². The Morgan fingerprint density at radius 1 is 1.15 bits per heavy atom. The molecule has 2 heterocycles. The zero-order valence-electron chi connectivity index (χ0n) is 18.7. The summed E-state index contributed by atoms with van der Waals surface area (Å²) in [5.41, 5.74) is 5.27. The van der Waals surface area contributed by atoms with Crippen molar-refractivity contribution >= 4 is 16.9 Å². The van der Waals surface area contributed by atoms with Gasteiger partial charge in [-0.05, 0) is 54.3 Å². The quantitative estimate of drug-likeness (QED) is 0.393. The van der Waals surface area contributed by atoms with E-state index in [0.29, 0.717) is 13.2 Å². The first kappa shape index (κ1) is 22.1. The van der Waals surface area contributed by atoms with E-state index in [-0.39, 0.29) is 12.3 Å². The van der Waals surface area contributed by atoms with Crippen LogP contribution in [-0.4, -0.2) is 25.8 Å². The van der Waals surface area contributed by atoms with E-state index in [1.807, 2.05) is 53.5 Å². The Kier molecular flexibility index (Phi) is 6.70. The number of carbonyl (C=O) groups is 1. The third kappa shape index (κ3) is 5.21. The summed E-state index contributed by atoms with van der Waals surface area (Å²) in [7, 11) is 0. The van der Waals surface area contributed by atoms with Crippen molar-refractivity contribution in [1.82, 2.24) is 14.8 Å². The van der Waals surface area contributed by atoms with Crippen molar-refractivity contribution in [3.63, 3.8) is 0 Å². The Morgan fingerprint density at radius 3 is 2.67 bits per heavy atom. The molecule has 0 unspecified atom stereocenters. The Balaban J connectivity index is 1.50. The van der Waals surface area contributed by atoms with E-state index in [4.69, 9.17) is 9.84 Å². The van der Waals surface area contributed by atoms with Gasteiger partial charge in [0.25, 0.3) is 0 Å². The van der Waals surface area contributed by atoms with Crippen molar-refractivity contribution in [1.29, 1.82) is 0 Å². The Labute approximate surface area is 192 Å². The monoisotopic (exact) mass is 439 g/mol. The first-order valence-electron chi connectivity index (χ1n) is 10.7. The van der Waals surface area contributed by atoms with Gasteiger partial charge in [0.15, 0.2) is 0 Å². The maximum absolute atomic E-state index is 11.1. The van der Waals surface area contributed by atoms with Crippen LogP contribution in [0.1, 0.15) is 41.5 Å². The number of ether oxygens (including phenoxy) is 1. The summed E-state index contributed by atoms with van der Waals surface area (Å²) < 4.78 is 8.04. The average molecular weight is 440 g/mol. The Hall–Kier alpha value is -4.11. The molecule has 33 heavy (non-hydrogen) atoms. The minimum Gasteiger partial charge on any atom is -0.489 e. The summed E-state index contributed by atoms with van der Waals surface area (Å²) in [5.74, 6) is 5.32. The molecular weight excluding hydrogens is 414 g/mol. The number of fused-ring (bicyclic) bond motifs is 1. The van der Waals surface area contributed by atoms with Gasteiger partial charge in [-0.3, -0.25) is 14.5 Å². The molecule has 166 valence electrons. The average Bonchev–Trinajstić information content (AvgIpc) is 3.22. The highest BCUT2D eigenvalue weighted by molar-refractivity contribution is 5.83. The first-order valence-corrected chi connectivity index (χ1v) is 10.7. The number of pyridine rings is 1. The molecule has 0 saturated carbocycles. The van der Waals surface area contributed by atoms with E-state index in [1.54, 1.807) is 13.1 Å². The van der Waals surface area contributed by atoms with Gasteiger partial charge in [0.05, 0.1) is 30.6 Å². The van der Waals surface area contributed by atoms with E-state index in [1.165, 1.54) is 0 Å². The van der Waals surface area contributed by atoms with E-state index in [2.05, 4.69) is 41.0 Å². The van der Waals surface area contributed by atoms with Crippen LogP contribution in [-0.2, 0) is 17.9 Å². The first-order chi connectivity index (χ1) is 16.0. The highest BCUT2D eigenvalue weighted by atomic mass is 16.5. The second-order valence-corrected chi connectivity index (χ2v) is 7.85. The fourth-order valence-electron chi connectivity index (χ4n) is 3.90.